The third-order valence-corrected chi connectivity index (χ3v) is 1.43. The zero-order valence-corrected chi connectivity index (χ0v) is 6.04. The third kappa shape index (κ3) is 2.37. The van der Waals surface area contributed by atoms with Gasteiger partial charge < -0.3 is 4.98 Å². The van der Waals surface area contributed by atoms with Gasteiger partial charge in [-0.1, -0.05) is 0 Å². The van der Waals surface area contributed by atoms with Crippen LogP contribution in [0.15, 0.2) is 18.3 Å². The first-order chi connectivity index (χ1) is 5.33. The standard InChI is InChI=1S/C8H9NO2/c10-6-8(11)4-3-7-2-1-5-9-7/h1-2,5-6,9H,3-4H2. The van der Waals surface area contributed by atoms with Crippen LogP contribution < -0.4 is 0 Å². The van der Waals surface area contributed by atoms with Crippen LogP contribution in [0.5, 0.6) is 0 Å². The first kappa shape index (κ1) is 7.72. The summed E-state index contributed by atoms with van der Waals surface area (Å²) in [5, 5.41) is 0. The lowest BCUT2D eigenvalue weighted by atomic mass is 10.2. The lowest BCUT2D eigenvalue weighted by Crippen LogP contribution is -2.00. The molecule has 3 heteroatoms. The molecule has 1 heterocycles. The summed E-state index contributed by atoms with van der Waals surface area (Å²) in [6.45, 7) is 0. The second-order valence-corrected chi connectivity index (χ2v) is 2.28. The van der Waals surface area contributed by atoms with Gasteiger partial charge in [0.25, 0.3) is 0 Å². The van der Waals surface area contributed by atoms with Crippen LogP contribution in [0.3, 0.4) is 0 Å². The summed E-state index contributed by atoms with van der Waals surface area (Å²) in [6, 6.07) is 3.75. The average Bonchev–Trinajstić information content (AvgIpc) is 2.52. The fourth-order valence-electron chi connectivity index (χ4n) is 0.840. The van der Waals surface area contributed by atoms with Gasteiger partial charge in [0, 0.05) is 18.3 Å². The predicted molar refractivity (Wildman–Crippen MR) is 40.2 cm³/mol. The van der Waals surface area contributed by atoms with E-state index in [1.807, 2.05) is 12.1 Å². The minimum atomic E-state index is -0.348. The molecule has 0 amide bonds. The van der Waals surface area contributed by atoms with Gasteiger partial charge in [-0.15, -0.1) is 0 Å². The molecule has 0 bridgehead atoms. The average molecular weight is 151 g/mol. The molecule has 3 nitrogen and oxygen atoms in total. The largest absolute Gasteiger partial charge is 0.365 e. The zero-order chi connectivity index (χ0) is 8.10. The second-order valence-electron chi connectivity index (χ2n) is 2.28. The van der Waals surface area contributed by atoms with Crippen molar-refractivity contribution in [2.75, 3.05) is 0 Å². The third-order valence-electron chi connectivity index (χ3n) is 1.43. The number of rotatable bonds is 4. The number of nitrogens with one attached hydrogen (secondary N) is 1. The van der Waals surface area contributed by atoms with Crippen molar-refractivity contribution in [2.45, 2.75) is 12.8 Å². The van der Waals surface area contributed by atoms with Crippen LogP contribution in [0.25, 0.3) is 0 Å². The Bertz CT molecular complexity index is 239. The van der Waals surface area contributed by atoms with Crippen LogP contribution in [0.4, 0.5) is 0 Å². The predicted octanol–water partition coefficient (Wildman–Crippen LogP) is 0.715. The van der Waals surface area contributed by atoms with Crippen LogP contribution in [-0.2, 0) is 16.0 Å². The molecule has 0 aliphatic rings. The summed E-state index contributed by atoms with van der Waals surface area (Å²) in [5.41, 5.74) is 0.986. The number of carbonyl (C=O) groups is 2. The van der Waals surface area contributed by atoms with Gasteiger partial charge in [0.1, 0.15) is 0 Å². The maximum absolute atomic E-state index is 10.5. The number of carbonyl (C=O) groups excluding carboxylic acids is 2. The molecule has 1 aromatic heterocycles. The second kappa shape index (κ2) is 3.71. The van der Waals surface area contributed by atoms with Gasteiger partial charge in [0.05, 0.1) is 0 Å². The van der Waals surface area contributed by atoms with E-state index in [4.69, 9.17) is 0 Å². The van der Waals surface area contributed by atoms with Gasteiger partial charge >= 0.3 is 0 Å². The van der Waals surface area contributed by atoms with E-state index in [2.05, 4.69) is 4.98 Å². The van der Waals surface area contributed by atoms with Crippen LogP contribution in [0.2, 0.25) is 0 Å². The number of H-pyrrole nitrogens is 1. The molecule has 0 saturated heterocycles. The van der Waals surface area contributed by atoms with Gasteiger partial charge in [-0.3, -0.25) is 9.59 Å². The van der Waals surface area contributed by atoms with Crippen LogP contribution >= 0.6 is 0 Å². The van der Waals surface area contributed by atoms with Crippen molar-refractivity contribution in [3.63, 3.8) is 0 Å². The van der Waals surface area contributed by atoms with Gasteiger partial charge in [0.15, 0.2) is 12.1 Å². The molecule has 0 radical (unpaired) electrons. The fourth-order valence-corrected chi connectivity index (χ4v) is 0.840. The molecule has 58 valence electrons. The summed E-state index contributed by atoms with van der Waals surface area (Å²) < 4.78 is 0. The molecular formula is C8H9NO2. The molecule has 0 spiro atoms. The number of aldehydes is 1. The molecule has 0 aliphatic heterocycles. The summed E-state index contributed by atoms with van der Waals surface area (Å²) in [5.74, 6) is -0.348. The maximum atomic E-state index is 10.5. The van der Waals surface area contributed by atoms with E-state index in [0.29, 0.717) is 19.1 Å². The normalized spacial score (nSPS) is 9.45. The van der Waals surface area contributed by atoms with Crippen molar-refractivity contribution in [3.8, 4) is 0 Å². The topological polar surface area (TPSA) is 49.9 Å². The van der Waals surface area contributed by atoms with Crippen molar-refractivity contribution in [1.82, 2.24) is 4.98 Å². The Labute approximate surface area is 64.4 Å². The Morgan fingerprint density at radius 1 is 1.64 bits per heavy atom. The van der Waals surface area contributed by atoms with Crippen molar-refractivity contribution in [3.05, 3.63) is 24.0 Å². The lowest BCUT2D eigenvalue weighted by molar-refractivity contribution is -0.129. The summed E-state index contributed by atoms with van der Waals surface area (Å²) in [6.07, 6.45) is 3.07. The van der Waals surface area contributed by atoms with E-state index < -0.39 is 0 Å². The number of hydrogen-bond donors (Lipinski definition) is 1. The Balaban J connectivity index is 2.34. The van der Waals surface area contributed by atoms with Crippen molar-refractivity contribution in [2.24, 2.45) is 0 Å². The van der Waals surface area contributed by atoms with Crippen molar-refractivity contribution < 1.29 is 9.59 Å². The molecule has 0 aromatic carbocycles. The molecule has 0 aliphatic carbocycles. The smallest absolute Gasteiger partial charge is 0.195 e. The highest BCUT2D eigenvalue weighted by Crippen LogP contribution is 1.98. The number of Topliss-reactive ketones (excluding diaryl/α,β-unsaturated/α-hetero) is 1. The molecule has 1 aromatic rings. The first-order valence-corrected chi connectivity index (χ1v) is 3.43. The Hall–Kier alpha value is -1.38. The minimum Gasteiger partial charge on any atom is -0.365 e. The molecule has 0 atom stereocenters. The summed E-state index contributed by atoms with van der Waals surface area (Å²) >= 11 is 0. The molecule has 0 saturated carbocycles. The van der Waals surface area contributed by atoms with Crippen LogP contribution in [0, 0.1) is 0 Å². The van der Waals surface area contributed by atoms with E-state index in [1.165, 1.54) is 0 Å². The molecule has 11 heavy (non-hydrogen) atoms. The highest BCUT2D eigenvalue weighted by Gasteiger charge is 1.99. The molecule has 0 fully saturated rings. The molecule has 0 unspecified atom stereocenters. The Morgan fingerprint density at radius 2 is 2.45 bits per heavy atom. The van der Waals surface area contributed by atoms with Gasteiger partial charge in [0.2, 0.25) is 0 Å². The van der Waals surface area contributed by atoms with E-state index in [9.17, 15) is 9.59 Å². The SMILES string of the molecule is O=CC(=O)CCc1ccc[nH]1. The number of hydrogen-bond acceptors (Lipinski definition) is 2. The van der Waals surface area contributed by atoms with Crippen molar-refractivity contribution >= 4 is 12.1 Å². The molecule has 1 N–H and O–H groups in total. The molecular weight excluding hydrogens is 142 g/mol. The van der Waals surface area contributed by atoms with Crippen LogP contribution in [-0.4, -0.2) is 17.1 Å². The zero-order valence-electron chi connectivity index (χ0n) is 6.04. The van der Waals surface area contributed by atoms with E-state index >= 15 is 0 Å². The minimum absolute atomic E-state index is 0.296. The first-order valence-electron chi connectivity index (χ1n) is 3.43. The van der Waals surface area contributed by atoms with Gasteiger partial charge in [-0.05, 0) is 18.6 Å². The highest BCUT2D eigenvalue weighted by atomic mass is 16.2. The highest BCUT2D eigenvalue weighted by molar-refractivity contribution is 6.24. The maximum Gasteiger partial charge on any atom is 0.195 e. The Kier molecular flexibility index (Phi) is 2.60. The number of aromatic nitrogens is 1. The summed E-state index contributed by atoms with van der Waals surface area (Å²) in [7, 11) is 0. The lowest BCUT2D eigenvalue weighted by Gasteiger charge is -1.91. The quantitative estimate of drug-likeness (QED) is 0.509. The van der Waals surface area contributed by atoms with Gasteiger partial charge in [-0.25, -0.2) is 0 Å². The molecule has 1 rings (SSSR count). The monoisotopic (exact) mass is 151 g/mol. The summed E-state index contributed by atoms with van der Waals surface area (Å²) in [4.78, 5) is 23.4. The fraction of sp³-hybridized carbons (Fsp3) is 0.250. The Morgan fingerprint density at radius 3 is 3.00 bits per heavy atom. The van der Waals surface area contributed by atoms with Gasteiger partial charge in [-0.2, -0.15) is 0 Å². The van der Waals surface area contributed by atoms with E-state index in [1.54, 1.807) is 6.20 Å². The van der Waals surface area contributed by atoms with Crippen molar-refractivity contribution in [1.29, 1.82) is 0 Å². The van der Waals surface area contributed by atoms with E-state index in [0.717, 1.165) is 5.69 Å². The van der Waals surface area contributed by atoms with E-state index in [-0.39, 0.29) is 5.78 Å². The number of ketones is 1. The number of aromatic amines is 1. The number of aryl methyl sites for hydroxylation is 1. The van der Waals surface area contributed by atoms with Crippen LogP contribution in [0.1, 0.15) is 12.1 Å².